The Balaban J connectivity index is 0.000000621. The summed E-state index contributed by atoms with van der Waals surface area (Å²) in [5.41, 5.74) is 1.30. The third-order valence-electron chi connectivity index (χ3n) is 2.34. The molecular weight excluding hydrogens is 256 g/mol. The van der Waals surface area contributed by atoms with Crippen molar-refractivity contribution in [1.29, 1.82) is 0 Å². The predicted molar refractivity (Wildman–Crippen MR) is 78.5 cm³/mol. The molecule has 0 amide bonds. The van der Waals surface area contributed by atoms with Crippen molar-refractivity contribution in [3.8, 4) is 0 Å². The molecule has 1 aromatic carbocycles. The average molecular weight is 278 g/mol. The van der Waals surface area contributed by atoms with Gasteiger partial charge in [-0.05, 0) is 24.8 Å². The zero-order valence-corrected chi connectivity index (χ0v) is 11.9. The van der Waals surface area contributed by atoms with Gasteiger partial charge in [0.25, 0.3) is 0 Å². The van der Waals surface area contributed by atoms with Gasteiger partial charge < -0.3 is 9.84 Å². The highest BCUT2D eigenvalue weighted by molar-refractivity contribution is 5.78. The van der Waals surface area contributed by atoms with Crippen molar-refractivity contribution in [2.24, 2.45) is 0 Å². The van der Waals surface area contributed by atoms with Crippen LogP contribution in [0.25, 0.3) is 0 Å². The van der Waals surface area contributed by atoms with Gasteiger partial charge in [-0.3, -0.25) is 4.79 Å². The number of hydrogen-bond donors (Lipinski definition) is 1. The average Bonchev–Trinajstić information content (AvgIpc) is 2.46. The van der Waals surface area contributed by atoms with Crippen molar-refractivity contribution in [3.63, 3.8) is 0 Å². The molecule has 0 saturated heterocycles. The van der Waals surface area contributed by atoms with Gasteiger partial charge in [0.05, 0.1) is 6.61 Å². The van der Waals surface area contributed by atoms with Gasteiger partial charge in [0, 0.05) is 12.5 Å². The summed E-state index contributed by atoms with van der Waals surface area (Å²) in [5.74, 6) is -1.06. The van der Waals surface area contributed by atoms with E-state index < -0.39 is 5.97 Å². The summed E-state index contributed by atoms with van der Waals surface area (Å²) in [6, 6.07) is 10.2. The van der Waals surface area contributed by atoms with Crippen LogP contribution in [0.1, 0.15) is 31.7 Å². The standard InChI is InChI=1S/C13H18O2.C3H4O2/c1-2-7-13(14)15-11-6-10-12-8-4-3-5-9-12;1-2-3(4)5/h3-5,8-9H,2,6-7,10-11H2,1H3;2H,1H2,(H,4,5). The summed E-state index contributed by atoms with van der Waals surface area (Å²) in [7, 11) is 0. The highest BCUT2D eigenvalue weighted by atomic mass is 16.5. The molecule has 1 aromatic rings. The van der Waals surface area contributed by atoms with Gasteiger partial charge in [0.15, 0.2) is 0 Å². The van der Waals surface area contributed by atoms with E-state index in [1.807, 2.05) is 25.1 Å². The van der Waals surface area contributed by atoms with Crippen molar-refractivity contribution in [1.82, 2.24) is 0 Å². The molecule has 0 aliphatic carbocycles. The first-order valence-corrected chi connectivity index (χ1v) is 6.65. The van der Waals surface area contributed by atoms with E-state index in [0.29, 0.717) is 13.0 Å². The van der Waals surface area contributed by atoms with Crippen molar-refractivity contribution < 1.29 is 19.4 Å². The van der Waals surface area contributed by atoms with E-state index in [9.17, 15) is 9.59 Å². The molecule has 20 heavy (non-hydrogen) atoms. The van der Waals surface area contributed by atoms with Crippen molar-refractivity contribution in [2.45, 2.75) is 32.6 Å². The zero-order chi connectivity index (χ0) is 15.2. The molecule has 0 fully saturated rings. The highest BCUT2D eigenvalue weighted by Gasteiger charge is 1.99. The number of esters is 1. The Hall–Kier alpha value is -2.10. The molecule has 0 atom stereocenters. The van der Waals surface area contributed by atoms with Crippen LogP contribution in [0, 0.1) is 0 Å². The summed E-state index contributed by atoms with van der Waals surface area (Å²) in [6.45, 7) is 5.47. The summed E-state index contributed by atoms with van der Waals surface area (Å²) in [5, 5.41) is 7.60. The number of hydrogen-bond acceptors (Lipinski definition) is 3. The number of carbonyl (C=O) groups is 2. The quantitative estimate of drug-likeness (QED) is 0.472. The molecule has 0 radical (unpaired) electrons. The van der Waals surface area contributed by atoms with Crippen LogP contribution in [0.5, 0.6) is 0 Å². The molecule has 1 rings (SSSR count). The fraction of sp³-hybridized carbons (Fsp3) is 0.375. The number of carbonyl (C=O) groups excluding carboxylic acids is 1. The van der Waals surface area contributed by atoms with Gasteiger partial charge in [-0.15, -0.1) is 0 Å². The van der Waals surface area contributed by atoms with Crippen LogP contribution in [-0.2, 0) is 20.7 Å². The first kappa shape index (κ1) is 17.9. The van der Waals surface area contributed by atoms with Gasteiger partial charge in [0.2, 0.25) is 0 Å². The monoisotopic (exact) mass is 278 g/mol. The zero-order valence-electron chi connectivity index (χ0n) is 11.9. The summed E-state index contributed by atoms with van der Waals surface area (Å²) in [4.78, 5) is 20.3. The molecule has 110 valence electrons. The molecule has 4 nitrogen and oxygen atoms in total. The molecule has 0 heterocycles. The first-order valence-electron chi connectivity index (χ1n) is 6.65. The van der Waals surface area contributed by atoms with Crippen LogP contribution in [0.4, 0.5) is 0 Å². The summed E-state index contributed by atoms with van der Waals surface area (Å²) >= 11 is 0. The number of ether oxygens (including phenoxy) is 1. The van der Waals surface area contributed by atoms with Crippen LogP contribution >= 0.6 is 0 Å². The lowest BCUT2D eigenvalue weighted by Gasteiger charge is -2.03. The molecule has 0 aliphatic heterocycles. The second kappa shape index (κ2) is 12.0. The molecule has 4 heteroatoms. The topological polar surface area (TPSA) is 63.6 Å². The Morgan fingerprint density at radius 3 is 2.40 bits per heavy atom. The van der Waals surface area contributed by atoms with Crippen LogP contribution < -0.4 is 0 Å². The SMILES string of the molecule is C=CC(=O)O.CCCC(=O)OCCCc1ccccc1. The number of aryl methyl sites for hydroxylation is 1. The fourth-order valence-electron chi connectivity index (χ4n) is 1.38. The highest BCUT2D eigenvalue weighted by Crippen LogP contribution is 2.02. The third-order valence-corrected chi connectivity index (χ3v) is 2.34. The number of benzene rings is 1. The maximum atomic E-state index is 11.0. The second-order valence-corrected chi connectivity index (χ2v) is 4.10. The minimum atomic E-state index is -0.981. The number of rotatable bonds is 7. The molecular formula is C16H22O4. The predicted octanol–water partition coefficient (Wildman–Crippen LogP) is 3.22. The molecule has 0 bridgehead atoms. The van der Waals surface area contributed by atoms with E-state index in [4.69, 9.17) is 9.84 Å². The van der Waals surface area contributed by atoms with Crippen LogP contribution in [0.3, 0.4) is 0 Å². The van der Waals surface area contributed by atoms with E-state index in [1.165, 1.54) is 5.56 Å². The third kappa shape index (κ3) is 11.0. The Kier molecular flexibility index (Phi) is 10.7. The van der Waals surface area contributed by atoms with Crippen LogP contribution in [0.2, 0.25) is 0 Å². The van der Waals surface area contributed by atoms with Crippen LogP contribution in [0.15, 0.2) is 43.0 Å². The van der Waals surface area contributed by atoms with Crippen molar-refractivity contribution in [3.05, 3.63) is 48.6 Å². The lowest BCUT2D eigenvalue weighted by atomic mass is 10.1. The van der Waals surface area contributed by atoms with Gasteiger partial charge in [0.1, 0.15) is 0 Å². The van der Waals surface area contributed by atoms with Crippen molar-refractivity contribution in [2.75, 3.05) is 6.61 Å². The summed E-state index contributed by atoms with van der Waals surface area (Å²) < 4.78 is 5.07. The molecule has 0 unspecified atom stereocenters. The fourth-order valence-corrected chi connectivity index (χ4v) is 1.38. The molecule has 0 aromatic heterocycles. The van der Waals surface area contributed by atoms with E-state index in [-0.39, 0.29) is 5.97 Å². The Morgan fingerprint density at radius 2 is 1.90 bits per heavy atom. The largest absolute Gasteiger partial charge is 0.478 e. The summed E-state index contributed by atoms with van der Waals surface area (Å²) in [6.07, 6.45) is 4.10. The molecule has 1 N–H and O–H groups in total. The van der Waals surface area contributed by atoms with Gasteiger partial charge in [-0.2, -0.15) is 0 Å². The Labute approximate surface area is 120 Å². The minimum Gasteiger partial charge on any atom is -0.478 e. The minimum absolute atomic E-state index is 0.0782. The molecule has 0 spiro atoms. The first-order chi connectivity index (χ1) is 9.60. The van der Waals surface area contributed by atoms with Gasteiger partial charge in [-0.1, -0.05) is 43.8 Å². The van der Waals surface area contributed by atoms with Crippen LogP contribution in [-0.4, -0.2) is 23.7 Å². The van der Waals surface area contributed by atoms with Crippen molar-refractivity contribution >= 4 is 11.9 Å². The lowest BCUT2D eigenvalue weighted by molar-refractivity contribution is -0.143. The number of carboxylic acids is 1. The maximum Gasteiger partial charge on any atom is 0.327 e. The number of carboxylic acid groups (broad SMARTS) is 1. The van der Waals surface area contributed by atoms with E-state index >= 15 is 0 Å². The van der Waals surface area contributed by atoms with Gasteiger partial charge >= 0.3 is 11.9 Å². The normalized spacial score (nSPS) is 9.05. The second-order valence-electron chi connectivity index (χ2n) is 4.10. The lowest BCUT2D eigenvalue weighted by Crippen LogP contribution is -2.05. The number of aliphatic carboxylic acids is 1. The maximum absolute atomic E-state index is 11.0. The Bertz CT molecular complexity index is 398. The van der Waals surface area contributed by atoms with E-state index in [0.717, 1.165) is 25.3 Å². The molecule has 0 saturated carbocycles. The van der Waals surface area contributed by atoms with E-state index in [1.54, 1.807) is 0 Å². The molecule has 0 aliphatic rings. The smallest absolute Gasteiger partial charge is 0.327 e. The van der Waals surface area contributed by atoms with E-state index in [2.05, 4.69) is 18.7 Å². The Morgan fingerprint density at radius 1 is 1.30 bits per heavy atom. The van der Waals surface area contributed by atoms with Gasteiger partial charge in [-0.25, -0.2) is 4.79 Å².